The Morgan fingerprint density at radius 2 is 1.93 bits per heavy atom. The van der Waals surface area contributed by atoms with E-state index in [4.69, 9.17) is 4.74 Å². The molecule has 0 saturated heterocycles. The van der Waals surface area contributed by atoms with E-state index < -0.39 is 0 Å². The quantitative estimate of drug-likeness (QED) is 0.569. The molecule has 0 unspecified atom stereocenters. The van der Waals surface area contributed by atoms with Gasteiger partial charge in [0.05, 0.1) is 7.11 Å². The molecule has 0 fully saturated rings. The molecule has 0 aliphatic carbocycles. The lowest BCUT2D eigenvalue weighted by Gasteiger charge is -2.11. The number of rotatable bonds is 5. The third-order valence-corrected chi connectivity index (χ3v) is 2.47. The van der Waals surface area contributed by atoms with Crippen LogP contribution in [0.15, 0.2) is 12.1 Å². The first-order chi connectivity index (χ1) is 7.19. The Labute approximate surface area is 91.8 Å². The van der Waals surface area contributed by atoms with E-state index in [-0.39, 0.29) is 0 Å². The van der Waals surface area contributed by atoms with E-state index in [1.807, 2.05) is 7.05 Å². The van der Waals surface area contributed by atoms with Gasteiger partial charge in [-0.1, -0.05) is 6.07 Å². The van der Waals surface area contributed by atoms with E-state index in [0.29, 0.717) is 0 Å². The summed E-state index contributed by atoms with van der Waals surface area (Å²) in [5, 5.41) is 6.36. The Morgan fingerprint density at radius 3 is 2.53 bits per heavy atom. The van der Waals surface area contributed by atoms with Crippen LogP contribution in [0.3, 0.4) is 0 Å². The van der Waals surface area contributed by atoms with Crippen molar-refractivity contribution in [1.29, 1.82) is 0 Å². The maximum absolute atomic E-state index is 5.27. The van der Waals surface area contributed by atoms with E-state index in [9.17, 15) is 0 Å². The normalized spacial score (nSPS) is 10.4. The molecule has 1 aromatic carbocycles. The van der Waals surface area contributed by atoms with Crippen LogP contribution >= 0.6 is 0 Å². The van der Waals surface area contributed by atoms with Gasteiger partial charge in [0.1, 0.15) is 5.75 Å². The van der Waals surface area contributed by atoms with Gasteiger partial charge in [-0.05, 0) is 43.7 Å². The van der Waals surface area contributed by atoms with Crippen LogP contribution in [0, 0.1) is 13.8 Å². The molecule has 1 rings (SSSR count). The lowest BCUT2D eigenvalue weighted by Crippen LogP contribution is -2.25. The molecule has 0 aromatic heterocycles. The molecule has 0 saturated carbocycles. The molecule has 3 nitrogen and oxygen atoms in total. The second-order valence-electron chi connectivity index (χ2n) is 3.71. The molecule has 0 heterocycles. The van der Waals surface area contributed by atoms with E-state index in [0.717, 1.165) is 19.0 Å². The van der Waals surface area contributed by atoms with Gasteiger partial charge in [0, 0.05) is 13.2 Å². The fourth-order valence-electron chi connectivity index (χ4n) is 1.58. The van der Waals surface area contributed by atoms with E-state index >= 15 is 0 Å². The molecule has 0 amide bonds. The van der Waals surface area contributed by atoms with Crippen LogP contribution < -0.4 is 15.4 Å². The third-order valence-electron chi connectivity index (χ3n) is 2.47. The molecule has 15 heavy (non-hydrogen) atoms. The van der Waals surface area contributed by atoms with Crippen molar-refractivity contribution in [3.8, 4) is 5.75 Å². The average Bonchev–Trinajstić information content (AvgIpc) is 2.23. The van der Waals surface area contributed by atoms with Crippen molar-refractivity contribution in [2.24, 2.45) is 0 Å². The van der Waals surface area contributed by atoms with Gasteiger partial charge in [-0.25, -0.2) is 0 Å². The predicted octanol–water partition coefficient (Wildman–Crippen LogP) is 1.58. The smallest absolute Gasteiger partial charge is 0.122 e. The molecule has 0 bridgehead atoms. The molecule has 2 N–H and O–H groups in total. The number of hydrogen-bond acceptors (Lipinski definition) is 3. The number of nitrogens with one attached hydrogen (secondary N) is 2. The molecule has 3 heteroatoms. The number of benzene rings is 1. The SMILES string of the molecule is CNCNCc1cc(C)c(OC)cc1C. The van der Waals surface area contributed by atoms with Gasteiger partial charge in [0.25, 0.3) is 0 Å². The summed E-state index contributed by atoms with van der Waals surface area (Å²) in [6, 6.07) is 4.27. The van der Waals surface area contributed by atoms with Crippen molar-refractivity contribution in [3.63, 3.8) is 0 Å². The van der Waals surface area contributed by atoms with Crippen molar-refractivity contribution in [2.45, 2.75) is 20.4 Å². The standard InChI is InChI=1S/C12H20N2O/c1-9-6-12(15-4)10(2)5-11(9)7-14-8-13-3/h5-6,13-14H,7-8H2,1-4H3. The second kappa shape index (κ2) is 5.73. The fourth-order valence-corrected chi connectivity index (χ4v) is 1.58. The van der Waals surface area contributed by atoms with Crippen LogP contribution in [0.4, 0.5) is 0 Å². The van der Waals surface area contributed by atoms with Crippen LogP contribution in [-0.4, -0.2) is 20.8 Å². The van der Waals surface area contributed by atoms with Gasteiger partial charge in [-0.3, -0.25) is 0 Å². The zero-order valence-electron chi connectivity index (χ0n) is 9.98. The van der Waals surface area contributed by atoms with Crippen LogP contribution in [0.2, 0.25) is 0 Å². The average molecular weight is 208 g/mol. The summed E-state index contributed by atoms with van der Waals surface area (Å²) in [5.41, 5.74) is 3.77. The Bertz CT molecular complexity index is 324. The minimum atomic E-state index is 0.824. The zero-order chi connectivity index (χ0) is 11.3. The van der Waals surface area contributed by atoms with Gasteiger partial charge in [0.2, 0.25) is 0 Å². The second-order valence-corrected chi connectivity index (χ2v) is 3.71. The van der Waals surface area contributed by atoms with Gasteiger partial charge in [-0.15, -0.1) is 0 Å². The minimum absolute atomic E-state index is 0.824. The number of methoxy groups -OCH3 is 1. The first-order valence-electron chi connectivity index (χ1n) is 5.18. The Kier molecular flexibility index (Phi) is 4.59. The van der Waals surface area contributed by atoms with Crippen LogP contribution in [-0.2, 0) is 6.54 Å². The van der Waals surface area contributed by atoms with Crippen LogP contribution in [0.1, 0.15) is 16.7 Å². The monoisotopic (exact) mass is 208 g/mol. The summed E-state index contributed by atoms with van der Waals surface area (Å²) in [7, 11) is 3.64. The molecule has 0 atom stereocenters. The van der Waals surface area contributed by atoms with Crippen molar-refractivity contribution in [3.05, 3.63) is 28.8 Å². The van der Waals surface area contributed by atoms with Gasteiger partial charge in [0.15, 0.2) is 0 Å². The molecule has 0 aliphatic rings. The molecule has 0 aliphatic heterocycles. The molecule has 84 valence electrons. The van der Waals surface area contributed by atoms with Gasteiger partial charge >= 0.3 is 0 Å². The third kappa shape index (κ3) is 3.22. The van der Waals surface area contributed by atoms with E-state index in [1.54, 1.807) is 7.11 Å². The van der Waals surface area contributed by atoms with Crippen LogP contribution in [0.5, 0.6) is 5.75 Å². The Balaban J connectivity index is 2.76. The summed E-state index contributed by atoms with van der Waals surface area (Å²) in [4.78, 5) is 0. The number of aryl methyl sites for hydroxylation is 2. The van der Waals surface area contributed by atoms with Crippen LogP contribution in [0.25, 0.3) is 0 Å². The molecule has 0 radical (unpaired) electrons. The van der Waals surface area contributed by atoms with E-state index in [1.165, 1.54) is 16.7 Å². The highest BCUT2D eigenvalue weighted by Crippen LogP contribution is 2.22. The first-order valence-corrected chi connectivity index (χ1v) is 5.18. The maximum Gasteiger partial charge on any atom is 0.122 e. The molecule has 1 aromatic rings. The van der Waals surface area contributed by atoms with E-state index in [2.05, 4.69) is 36.6 Å². The first kappa shape index (κ1) is 12.0. The minimum Gasteiger partial charge on any atom is -0.496 e. The van der Waals surface area contributed by atoms with Gasteiger partial charge in [-0.2, -0.15) is 0 Å². The fraction of sp³-hybridized carbons (Fsp3) is 0.500. The lowest BCUT2D eigenvalue weighted by atomic mass is 10.0. The lowest BCUT2D eigenvalue weighted by molar-refractivity contribution is 0.411. The summed E-state index contributed by atoms with van der Waals surface area (Å²) in [5.74, 6) is 0.963. The van der Waals surface area contributed by atoms with Gasteiger partial charge < -0.3 is 15.4 Å². The number of ether oxygens (including phenoxy) is 1. The molecular weight excluding hydrogens is 188 g/mol. The summed E-state index contributed by atoms with van der Waals surface area (Å²) in [6.45, 7) is 5.89. The Hall–Kier alpha value is -1.06. The molecule has 0 spiro atoms. The summed E-state index contributed by atoms with van der Waals surface area (Å²) in [6.07, 6.45) is 0. The summed E-state index contributed by atoms with van der Waals surface area (Å²) >= 11 is 0. The zero-order valence-corrected chi connectivity index (χ0v) is 9.98. The maximum atomic E-state index is 5.27. The largest absolute Gasteiger partial charge is 0.496 e. The summed E-state index contributed by atoms with van der Waals surface area (Å²) < 4.78 is 5.27. The topological polar surface area (TPSA) is 33.3 Å². The van der Waals surface area contributed by atoms with Crippen molar-refractivity contribution < 1.29 is 4.74 Å². The number of hydrogen-bond donors (Lipinski definition) is 2. The highest BCUT2D eigenvalue weighted by Gasteiger charge is 2.03. The highest BCUT2D eigenvalue weighted by atomic mass is 16.5. The van der Waals surface area contributed by atoms with Crippen molar-refractivity contribution in [2.75, 3.05) is 20.8 Å². The van der Waals surface area contributed by atoms with Crippen molar-refractivity contribution >= 4 is 0 Å². The highest BCUT2D eigenvalue weighted by molar-refractivity contribution is 5.41. The predicted molar refractivity (Wildman–Crippen MR) is 63.2 cm³/mol. The molecular formula is C12H20N2O. The Morgan fingerprint density at radius 1 is 1.20 bits per heavy atom. The van der Waals surface area contributed by atoms with Crippen molar-refractivity contribution in [1.82, 2.24) is 10.6 Å².